The number of nitrogens with one attached hydrogen (secondary N) is 1. The lowest BCUT2D eigenvalue weighted by molar-refractivity contribution is -0.274. The van der Waals surface area contributed by atoms with Crippen molar-refractivity contribution in [3.8, 4) is 17.1 Å². The number of ether oxygens (including phenoxy) is 1. The van der Waals surface area contributed by atoms with Crippen molar-refractivity contribution in [2.24, 2.45) is 0 Å². The number of carbonyl (C=O) groups is 1. The van der Waals surface area contributed by atoms with Crippen LogP contribution >= 0.6 is 0 Å². The molecule has 0 aliphatic heterocycles. The molecule has 1 heterocycles. The van der Waals surface area contributed by atoms with E-state index in [1.807, 2.05) is 34.9 Å². The fourth-order valence-electron chi connectivity index (χ4n) is 3.48. The fourth-order valence-corrected chi connectivity index (χ4v) is 3.48. The number of para-hydroxylation sites is 3. The number of amides is 1. The Labute approximate surface area is 186 Å². The number of alkyl halides is 3. The van der Waals surface area contributed by atoms with E-state index in [4.69, 9.17) is 10.2 Å². The summed E-state index contributed by atoms with van der Waals surface area (Å²) in [5.41, 5.74) is 4.67. The minimum atomic E-state index is -4.81. The number of hydrogen-bond donors (Lipinski definition) is 2. The molecule has 6 nitrogen and oxygen atoms in total. The van der Waals surface area contributed by atoms with Gasteiger partial charge in [-0.3, -0.25) is 10.0 Å². The molecule has 0 aliphatic carbocycles. The van der Waals surface area contributed by atoms with Crippen molar-refractivity contribution in [2.75, 3.05) is 0 Å². The Morgan fingerprint density at radius 1 is 1.06 bits per heavy atom. The number of carbonyl (C=O) groups excluding carboxylic acids is 1. The Morgan fingerprint density at radius 3 is 2.61 bits per heavy atom. The quantitative estimate of drug-likeness (QED) is 0.240. The van der Waals surface area contributed by atoms with E-state index >= 15 is 0 Å². The van der Waals surface area contributed by atoms with Crippen LogP contribution in [0, 0.1) is 0 Å². The monoisotopic (exact) mass is 453 g/mol. The molecule has 4 aromatic rings. The van der Waals surface area contributed by atoms with Crippen LogP contribution in [0.15, 0.2) is 78.9 Å². The number of imidazole rings is 1. The van der Waals surface area contributed by atoms with Crippen molar-refractivity contribution in [2.45, 2.75) is 12.9 Å². The zero-order chi connectivity index (χ0) is 23.4. The van der Waals surface area contributed by atoms with E-state index in [2.05, 4.69) is 4.74 Å². The number of aromatic nitrogens is 2. The highest BCUT2D eigenvalue weighted by atomic mass is 19.4. The summed E-state index contributed by atoms with van der Waals surface area (Å²) in [5, 5.41) is 8.65. The summed E-state index contributed by atoms with van der Waals surface area (Å²) in [5.74, 6) is -0.408. The van der Waals surface area contributed by atoms with Gasteiger partial charge in [-0.2, -0.15) is 0 Å². The Morgan fingerprint density at radius 2 is 1.82 bits per heavy atom. The summed E-state index contributed by atoms with van der Waals surface area (Å²) in [6.07, 6.45) is -2.11. The van der Waals surface area contributed by atoms with E-state index in [1.54, 1.807) is 30.3 Å². The minimum Gasteiger partial charge on any atom is -0.405 e. The molecule has 3 aromatic carbocycles. The molecule has 0 unspecified atom stereocenters. The maximum atomic E-state index is 12.9. The number of fused-ring (bicyclic) bond motifs is 1. The predicted octanol–water partition coefficient (Wildman–Crippen LogP) is 5.17. The summed E-state index contributed by atoms with van der Waals surface area (Å²) in [4.78, 5) is 16.0. The Bertz CT molecular complexity index is 1330. The topological polar surface area (TPSA) is 76.4 Å². The number of rotatable bonds is 6. The largest absolute Gasteiger partial charge is 0.573 e. The van der Waals surface area contributed by atoms with Crippen molar-refractivity contribution in [3.63, 3.8) is 0 Å². The third-order valence-corrected chi connectivity index (χ3v) is 4.86. The third-order valence-electron chi connectivity index (χ3n) is 4.86. The lowest BCUT2D eigenvalue weighted by Gasteiger charge is -2.15. The highest BCUT2D eigenvalue weighted by molar-refractivity contribution is 5.91. The first-order valence-electron chi connectivity index (χ1n) is 9.85. The first-order chi connectivity index (χ1) is 15.8. The maximum absolute atomic E-state index is 12.9. The van der Waals surface area contributed by atoms with Crippen LogP contribution in [0.1, 0.15) is 11.1 Å². The number of halogens is 3. The summed E-state index contributed by atoms with van der Waals surface area (Å²) in [6, 6.07) is 20.5. The Balaban J connectivity index is 1.79. The fraction of sp³-hybridized carbons (Fsp3) is 0.0833. The van der Waals surface area contributed by atoms with Crippen LogP contribution in [-0.2, 0) is 11.3 Å². The number of hydroxylamine groups is 1. The van der Waals surface area contributed by atoms with Gasteiger partial charge in [0.25, 0.3) is 5.91 Å². The van der Waals surface area contributed by atoms with Gasteiger partial charge >= 0.3 is 6.36 Å². The molecule has 168 valence electrons. The molecule has 2 N–H and O–H groups in total. The molecule has 0 spiro atoms. The number of nitrogens with zero attached hydrogens (tertiary/aromatic N) is 2. The lowest BCUT2D eigenvalue weighted by atomic mass is 10.1. The van der Waals surface area contributed by atoms with Crippen LogP contribution in [-0.4, -0.2) is 27.0 Å². The van der Waals surface area contributed by atoms with E-state index in [0.717, 1.165) is 5.52 Å². The molecule has 0 radical (unpaired) electrons. The summed E-state index contributed by atoms with van der Waals surface area (Å²) in [7, 11) is 0. The molecule has 0 aliphatic rings. The molecular formula is C24H18F3N3O3. The van der Waals surface area contributed by atoms with Crippen molar-refractivity contribution in [3.05, 3.63) is 90.0 Å². The van der Waals surface area contributed by atoms with E-state index in [-0.39, 0.29) is 12.3 Å². The van der Waals surface area contributed by atoms with Gasteiger partial charge < -0.3 is 9.30 Å². The van der Waals surface area contributed by atoms with Gasteiger partial charge in [0.05, 0.1) is 17.6 Å². The average molecular weight is 453 g/mol. The second-order valence-corrected chi connectivity index (χ2v) is 7.10. The first kappa shape index (κ1) is 22.1. The molecule has 1 aromatic heterocycles. The summed E-state index contributed by atoms with van der Waals surface area (Å²) in [6.45, 7) is 0.0923. The lowest BCUT2D eigenvalue weighted by Crippen LogP contribution is -2.18. The predicted molar refractivity (Wildman–Crippen MR) is 116 cm³/mol. The molecule has 0 saturated carbocycles. The van der Waals surface area contributed by atoms with Crippen molar-refractivity contribution >= 4 is 23.0 Å². The van der Waals surface area contributed by atoms with Gasteiger partial charge in [-0.25, -0.2) is 10.5 Å². The van der Waals surface area contributed by atoms with Crippen molar-refractivity contribution < 1.29 is 27.9 Å². The third kappa shape index (κ3) is 5.21. The highest BCUT2D eigenvalue weighted by Crippen LogP contribution is 2.31. The molecule has 0 saturated heterocycles. The SMILES string of the molecule is O=C(/C=C/c1cccc(-c2nc3ccccc3n2Cc2ccccc2OC(F)(F)F)c1)NO. The second-order valence-electron chi connectivity index (χ2n) is 7.10. The normalized spacial score (nSPS) is 11.8. The van der Waals surface area contributed by atoms with Gasteiger partial charge in [-0.05, 0) is 35.9 Å². The zero-order valence-corrected chi connectivity index (χ0v) is 17.1. The number of benzene rings is 3. The smallest absolute Gasteiger partial charge is 0.405 e. The van der Waals surface area contributed by atoms with E-state index < -0.39 is 12.3 Å². The molecule has 9 heteroatoms. The van der Waals surface area contributed by atoms with Crippen molar-refractivity contribution in [1.82, 2.24) is 15.0 Å². The standard InChI is InChI=1S/C24H18F3N3O3/c25-24(26,27)33-21-11-4-1-7-18(21)15-30-20-10-3-2-9-19(20)28-23(30)17-8-5-6-16(14-17)12-13-22(31)29-32/h1-14,32H,15H2,(H,29,31)/b13-12+. The van der Waals surface area contributed by atoms with Crippen LogP contribution in [0.5, 0.6) is 5.75 Å². The first-order valence-corrected chi connectivity index (χ1v) is 9.85. The van der Waals surface area contributed by atoms with Crippen molar-refractivity contribution in [1.29, 1.82) is 0 Å². The van der Waals surface area contributed by atoms with Crippen LogP contribution in [0.3, 0.4) is 0 Å². The van der Waals surface area contributed by atoms with Gasteiger partial charge in [0.15, 0.2) is 0 Å². The van der Waals surface area contributed by atoms with Crippen LogP contribution in [0.25, 0.3) is 28.5 Å². The van der Waals surface area contributed by atoms with Gasteiger partial charge in [0, 0.05) is 17.2 Å². The van der Waals surface area contributed by atoms with Crippen LogP contribution in [0.4, 0.5) is 13.2 Å². The summed E-state index contributed by atoms with van der Waals surface area (Å²) < 4.78 is 44.8. The zero-order valence-electron chi connectivity index (χ0n) is 17.1. The number of hydrogen-bond acceptors (Lipinski definition) is 4. The van der Waals surface area contributed by atoms with Gasteiger partial charge in [-0.1, -0.05) is 48.5 Å². The van der Waals surface area contributed by atoms with E-state index in [9.17, 15) is 18.0 Å². The van der Waals surface area contributed by atoms with Gasteiger partial charge in [-0.15, -0.1) is 13.2 Å². The highest BCUT2D eigenvalue weighted by Gasteiger charge is 2.32. The van der Waals surface area contributed by atoms with Gasteiger partial charge in [0.1, 0.15) is 11.6 Å². The van der Waals surface area contributed by atoms with E-state index in [1.165, 1.54) is 29.8 Å². The molecule has 4 rings (SSSR count). The maximum Gasteiger partial charge on any atom is 0.573 e. The average Bonchev–Trinajstić information content (AvgIpc) is 3.16. The Hall–Kier alpha value is -4.11. The molecule has 33 heavy (non-hydrogen) atoms. The molecule has 1 amide bonds. The molecule has 0 atom stereocenters. The van der Waals surface area contributed by atoms with Gasteiger partial charge in [0.2, 0.25) is 0 Å². The Kier molecular flexibility index (Phi) is 6.14. The second kappa shape index (κ2) is 9.17. The molecule has 0 fully saturated rings. The minimum absolute atomic E-state index is 0.0923. The molecular weight excluding hydrogens is 435 g/mol. The van der Waals surface area contributed by atoms with E-state index in [0.29, 0.717) is 28.0 Å². The van der Waals surface area contributed by atoms with Crippen LogP contribution in [0.2, 0.25) is 0 Å². The molecule has 0 bridgehead atoms. The summed E-state index contributed by atoms with van der Waals surface area (Å²) >= 11 is 0. The van der Waals surface area contributed by atoms with Crippen LogP contribution < -0.4 is 10.2 Å².